The third-order valence-corrected chi connectivity index (χ3v) is 4.40. The molecule has 0 bridgehead atoms. The normalized spacial score (nSPS) is 14.0. The van der Waals surface area contributed by atoms with Crippen molar-refractivity contribution in [1.82, 2.24) is 10.8 Å². The Kier molecular flexibility index (Phi) is 6.41. The first-order valence-corrected chi connectivity index (χ1v) is 9.09. The zero-order valence-electron chi connectivity index (χ0n) is 15.8. The molecule has 29 heavy (non-hydrogen) atoms. The Morgan fingerprint density at radius 1 is 1.14 bits per heavy atom. The summed E-state index contributed by atoms with van der Waals surface area (Å²) in [6, 6.07) is 11.7. The lowest BCUT2D eigenvalue weighted by Gasteiger charge is -2.11. The first-order chi connectivity index (χ1) is 14.0. The first kappa shape index (κ1) is 20.3. The average molecular weight is 396 g/mol. The fourth-order valence-corrected chi connectivity index (χ4v) is 2.68. The van der Waals surface area contributed by atoms with Crippen LogP contribution < -0.4 is 15.5 Å². The Balaban J connectivity index is 1.90. The van der Waals surface area contributed by atoms with E-state index in [4.69, 9.17) is 9.94 Å². The van der Waals surface area contributed by atoms with E-state index < -0.39 is 11.7 Å². The highest BCUT2D eigenvalue weighted by molar-refractivity contribution is 6.24. The van der Waals surface area contributed by atoms with E-state index in [2.05, 4.69) is 5.32 Å². The van der Waals surface area contributed by atoms with Crippen molar-refractivity contribution in [1.29, 1.82) is 0 Å². The van der Waals surface area contributed by atoms with Gasteiger partial charge in [0.05, 0.1) is 7.11 Å². The van der Waals surface area contributed by atoms with Crippen LogP contribution in [0.5, 0.6) is 5.75 Å². The standard InChI is InChI=1S/C22H21FN2O4/c1-29-20-10-7-16(13-19(20)23)18(22(27)24-17-8-9-17)12-15-4-2-14(3-5-15)6-11-21(26)25-28/h2-7,10-13,17,28H,8-9H2,1H3,(H,24,27)(H,25,26). The van der Waals surface area contributed by atoms with Gasteiger partial charge in [0.2, 0.25) is 0 Å². The number of hydrogen-bond acceptors (Lipinski definition) is 4. The number of nitrogens with one attached hydrogen (secondary N) is 2. The summed E-state index contributed by atoms with van der Waals surface area (Å²) in [5.74, 6) is -1.33. The molecule has 0 saturated heterocycles. The second-order valence-corrected chi connectivity index (χ2v) is 6.63. The molecule has 7 heteroatoms. The molecule has 150 valence electrons. The monoisotopic (exact) mass is 396 g/mol. The van der Waals surface area contributed by atoms with Crippen LogP contribution in [0.15, 0.2) is 48.5 Å². The maximum atomic E-state index is 14.2. The van der Waals surface area contributed by atoms with Crippen LogP contribution in [0.4, 0.5) is 4.39 Å². The third-order valence-electron chi connectivity index (χ3n) is 4.40. The van der Waals surface area contributed by atoms with Gasteiger partial charge in [-0.3, -0.25) is 14.8 Å². The molecule has 0 spiro atoms. The van der Waals surface area contributed by atoms with Crippen molar-refractivity contribution >= 4 is 29.5 Å². The molecule has 0 aliphatic heterocycles. The van der Waals surface area contributed by atoms with E-state index in [0.717, 1.165) is 24.0 Å². The van der Waals surface area contributed by atoms with Crippen LogP contribution in [-0.4, -0.2) is 30.2 Å². The minimum absolute atomic E-state index is 0.110. The molecule has 0 unspecified atom stereocenters. The maximum Gasteiger partial charge on any atom is 0.267 e. The molecule has 2 aromatic rings. The average Bonchev–Trinajstić information content (AvgIpc) is 3.54. The van der Waals surface area contributed by atoms with Gasteiger partial charge in [-0.25, -0.2) is 9.87 Å². The fraction of sp³-hybridized carbons (Fsp3) is 0.182. The van der Waals surface area contributed by atoms with Crippen molar-refractivity contribution in [2.75, 3.05) is 7.11 Å². The molecule has 2 aromatic carbocycles. The van der Waals surface area contributed by atoms with Gasteiger partial charge in [0.25, 0.3) is 11.8 Å². The SMILES string of the molecule is COc1ccc(C(=Cc2ccc(C=CC(=O)NO)cc2)C(=O)NC2CC2)cc1F. The van der Waals surface area contributed by atoms with Crippen molar-refractivity contribution in [3.05, 3.63) is 71.0 Å². The quantitative estimate of drug-likeness (QED) is 0.290. The zero-order valence-corrected chi connectivity index (χ0v) is 15.8. The summed E-state index contributed by atoms with van der Waals surface area (Å²) < 4.78 is 19.1. The van der Waals surface area contributed by atoms with Gasteiger partial charge in [-0.2, -0.15) is 0 Å². The Hall–Kier alpha value is -3.45. The van der Waals surface area contributed by atoms with Crippen molar-refractivity contribution < 1.29 is 23.9 Å². The molecule has 0 atom stereocenters. The second-order valence-electron chi connectivity index (χ2n) is 6.63. The molecule has 3 N–H and O–H groups in total. The minimum atomic E-state index is -0.630. The number of carbonyl (C=O) groups excluding carboxylic acids is 2. The Morgan fingerprint density at radius 2 is 1.83 bits per heavy atom. The molecule has 6 nitrogen and oxygen atoms in total. The molecule has 1 saturated carbocycles. The van der Waals surface area contributed by atoms with Crippen molar-refractivity contribution in [2.24, 2.45) is 0 Å². The van der Waals surface area contributed by atoms with E-state index in [1.165, 1.54) is 30.8 Å². The predicted molar refractivity (Wildman–Crippen MR) is 107 cm³/mol. The van der Waals surface area contributed by atoms with Gasteiger partial charge in [-0.1, -0.05) is 30.3 Å². The van der Waals surface area contributed by atoms with Gasteiger partial charge in [0.1, 0.15) is 0 Å². The lowest BCUT2D eigenvalue weighted by Crippen LogP contribution is -2.26. The first-order valence-electron chi connectivity index (χ1n) is 9.09. The molecule has 3 rings (SSSR count). The summed E-state index contributed by atoms with van der Waals surface area (Å²) >= 11 is 0. The van der Waals surface area contributed by atoms with Gasteiger partial charge < -0.3 is 10.1 Å². The van der Waals surface area contributed by atoms with Crippen LogP contribution in [0.2, 0.25) is 0 Å². The maximum absolute atomic E-state index is 14.2. The molecule has 2 amide bonds. The highest BCUT2D eigenvalue weighted by atomic mass is 19.1. The summed E-state index contributed by atoms with van der Waals surface area (Å²) in [5.41, 5.74) is 3.80. The third kappa shape index (κ3) is 5.52. The van der Waals surface area contributed by atoms with Crippen molar-refractivity contribution in [3.63, 3.8) is 0 Å². The molecule has 0 aromatic heterocycles. The Labute approximate surface area is 167 Å². The van der Waals surface area contributed by atoms with Crippen LogP contribution in [0, 0.1) is 5.82 Å². The van der Waals surface area contributed by atoms with Crippen LogP contribution in [-0.2, 0) is 9.59 Å². The van der Waals surface area contributed by atoms with E-state index >= 15 is 0 Å². The minimum Gasteiger partial charge on any atom is -0.494 e. The molecular formula is C22H21FN2O4. The largest absolute Gasteiger partial charge is 0.494 e. The number of hydrogen-bond donors (Lipinski definition) is 3. The summed E-state index contributed by atoms with van der Waals surface area (Å²) in [6.07, 6.45) is 6.31. The predicted octanol–water partition coefficient (Wildman–Crippen LogP) is 3.17. The Morgan fingerprint density at radius 3 is 2.41 bits per heavy atom. The van der Waals surface area contributed by atoms with E-state index in [-0.39, 0.29) is 17.7 Å². The van der Waals surface area contributed by atoms with Crippen LogP contribution in [0.25, 0.3) is 17.7 Å². The topological polar surface area (TPSA) is 87.7 Å². The van der Waals surface area contributed by atoms with Gasteiger partial charge in [-0.15, -0.1) is 0 Å². The highest BCUT2D eigenvalue weighted by Gasteiger charge is 2.25. The number of methoxy groups -OCH3 is 1. The van der Waals surface area contributed by atoms with Crippen molar-refractivity contribution in [3.8, 4) is 5.75 Å². The number of benzene rings is 2. The second kappa shape index (κ2) is 9.16. The summed E-state index contributed by atoms with van der Waals surface area (Å²) in [7, 11) is 1.38. The van der Waals surface area contributed by atoms with Gasteiger partial charge in [-0.05, 0) is 53.8 Å². The van der Waals surface area contributed by atoms with E-state index in [1.807, 2.05) is 0 Å². The molecule has 1 aliphatic carbocycles. The van der Waals surface area contributed by atoms with Crippen molar-refractivity contribution in [2.45, 2.75) is 18.9 Å². The molecule has 0 heterocycles. The number of rotatable bonds is 7. The number of hydroxylamine groups is 1. The molecular weight excluding hydrogens is 375 g/mol. The molecule has 0 radical (unpaired) electrons. The van der Waals surface area contributed by atoms with Gasteiger partial charge in [0.15, 0.2) is 11.6 Å². The zero-order chi connectivity index (χ0) is 20.8. The van der Waals surface area contributed by atoms with Crippen LogP contribution >= 0.6 is 0 Å². The lowest BCUT2D eigenvalue weighted by atomic mass is 10.0. The van der Waals surface area contributed by atoms with E-state index in [1.54, 1.807) is 42.5 Å². The molecule has 1 aliphatic rings. The fourth-order valence-electron chi connectivity index (χ4n) is 2.68. The number of amides is 2. The number of carbonyl (C=O) groups is 2. The molecule has 1 fully saturated rings. The Bertz CT molecular complexity index is 963. The van der Waals surface area contributed by atoms with Crippen LogP contribution in [0.1, 0.15) is 29.5 Å². The summed E-state index contributed by atoms with van der Waals surface area (Å²) in [6.45, 7) is 0. The van der Waals surface area contributed by atoms with Crippen LogP contribution in [0.3, 0.4) is 0 Å². The smallest absolute Gasteiger partial charge is 0.267 e. The lowest BCUT2D eigenvalue weighted by molar-refractivity contribution is -0.124. The van der Waals surface area contributed by atoms with E-state index in [0.29, 0.717) is 11.1 Å². The summed E-state index contributed by atoms with van der Waals surface area (Å²) in [5, 5.41) is 11.4. The van der Waals surface area contributed by atoms with E-state index in [9.17, 15) is 14.0 Å². The van der Waals surface area contributed by atoms with Gasteiger partial charge in [0, 0.05) is 17.7 Å². The highest BCUT2D eigenvalue weighted by Crippen LogP contribution is 2.26. The number of ether oxygens (including phenoxy) is 1. The number of halogens is 1. The summed E-state index contributed by atoms with van der Waals surface area (Å²) in [4.78, 5) is 23.8. The van der Waals surface area contributed by atoms with Gasteiger partial charge >= 0.3 is 0 Å².